The van der Waals surface area contributed by atoms with E-state index in [1.165, 1.54) is 23.5 Å². The fourth-order valence-corrected chi connectivity index (χ4v) is 5.35. The fourth-order valence-electron chi connectivity index (χ4n) is 4.36. The molecular formula is C28H24FN3O2S. The van der Waals surface area contributed by atoms with Crippen molar-refractivity contribution in [3.8, 4) is 10.6 Å². The summed E-state index contributed by atoms with van der Waals surface area (Å²) in [6, 6.07) is 23.7. The molecule has 5 rings (SSSR count). The summed E-state index contributed by atoms with van der Waals surface area (Å²) >= 11 is 1.29. The van der Waals surface area contributed by atoms with Gasteiger partial charge in [-0.3, -0.25) is 9.59 Å². The molecule has 5 nitrogen and oxygen atoms in total. The van der Waals surface area contributed by atoms with Crippen LogP contribution >= 0.6 is 11.3 Å². The number of hydrogen-bond acceptors (Lipinski definition) is 4. The normalized spacial score (nSPS) is 13.5. The van der Waals surface area contributed by atoms with E-state index < -0.39 is 0 Å². The highest BCUT2D eigenvalue weighted by Gasteiger charge is 2.29. The Morgan fingerprint density at radius 1 is 1.06 bits per heavy atom. The molecule has 35 heavy (non-hydrogen) atoms. The van der Waals surface area contributed by atoms with E-state index >= 15 is 0 Å². The second kappa shape index (κ2) is 9.80. The zero-order valence-electron chi connectivity index (χ0n) is 19.2. The molecule has 4 aromatic rings. The predicted molar refractivity (Wildman–Crippen MR) is 135 cm³/mol. The number of halogens is 1. The van der Waals surface area contributed by atoms with Crippen LogP contribution in [-0.2, 0) is 6.54 Å². The van der Waals surface area contributed by atoms with Crippen LogP contribution in [0.25, 0.3) is 10.6 Å². The van der Waals surface area contributed by atoms with E-state index in [4.69, 9.17) is 0 Å². The van der Waals surface area contributed by atoms with Gasteiger partial charge in [0.2, 0.25) is 0 Å². The van der Waals surface area contributed by atoms with Crippen LogP contribution in [0.2, 0.25) is 0 Å². The van der Waals surface area contributed by atoms with Gasteiger partial charge in [-0.1, -0.05) is 48.5 Å². The predicted octanol–water partition coefficient (Wildman–Crippen LogP) is 5.43. The number of carbonyl (C=O) groups is 2. The minimum atomic E-state index is -0.313. The fraction of sp³-hybridized carbons (Fsp3) is 0.179. The molecule has 0 saturated heterocycles. The van der Waals surface area contributed by atoms with E-state index in [-0.39, 0.29) is 23.5 Å². The molecule has 7 heteroatoms. The third-order valence-corrected chi connectivity index (χ3v) is 7.42. The van der Waals surface area contributed by atoms with Gasteiger partial charge in [0, 0.05) is 36.7 Å². The quantitative estimate of drug-likeness (QED) is 0.380. The molecule has 1 N–H and O–H groups in total. The van der Waals surface area contributed by atoms with Gasteiger partial charge in [-0.15, -0.1) is 11.3 Å². The smallest absolute Gasteiger partial charge is 0.263 e. The number of thiazole rings is 1. The van der Waals surface area contributed by atoms with Crippen LogP contribution in [0.4, 0.5) is 4.39 Å². The summed E-state index contributed by atoms with van der Waals surface area (Å²) in [5.41, 5.74) is 4.24. The van der Waals surface area contributed by atoms with E-state index in [2.05, 4.69) is 10.3 Å². The number of aromatic nitrogens is 1. The average molecular weight is 486 g/mol. The molecule has 0 saturated carbocycles. The summed E-state index contributed by atoms with van der Waals surface area (Å²) < 4.78 is 13.3. The first kappa shape index (κ1) is 22.9. The molecule has 0 aliphatic carbocycles. The largest absolute Gasteiger partial charge is 0.351 e. The van der Waals surface area contributed by atoms with Gasteiger partial charge in [-0.25, -0.2) is 9.37 Å². The van der Waals surface area contributed by atoms with Crippen molar-refractivity contribution in [2.45, 2.75) is 19.4 Å². The highest BCUT2D eigenvalue weighted by atomic mass is 32.1. The summed E-state index contributed by atoms with van der Waals surface area (Å²) in [6.07, 6.45) is 0. The number of carbonyl (C=O) groups excluding carboxylic acids is 2. The molecule has 176 valence electrons. The molecule has 0 spiro atoms. The van der Waals surface area contributed by atoms with Crippen molar-refractivity contribution in [3.63, 3.8) is 0 Å². The minimum Gasteiger partial charge on any atom is -0.351 e. The lowest BCUT2D eigenvalue weighted by molar-refractivity contribution is 0.0767. The second-order valence-electron chi connectivity index (χ2n) is 8.60. The van der Waals surface area contributed by atoms with Crippen molar-refractivity contribution in [2.24, 2.45) is 0 Å². The molecule has 1 aliphatic heterocycles. The lowest BCUT2D eigenvalue weighted by Gasteiger charge is -2.24. The lowest BCUT2D eigenvalue weighted by atomic mass is 9.98. The van der Waals surface area contributed by atoms with E-state index in [0.717, 1.165) is 22.3 Å². The van der Waals surface area contributed by atoms with Crippen LogP contribution in [0.15, 0.2) is 78.9 Å². The Balaban J connectivity index is 1.31. The van der Waals surface area contributed by atoms with Gasteiger partial charge < -0.3 is 10.2 Å². The molecule has 0 bridgehead atoms. The van der Waals surface area contributed by atoms with Crippen molar-refractivity contribution in [3.05, 3.63) is 112 Å². The third kappa shape index (κ3) is 4.86. The molecule has 1 unspecified atom stereocenters. The molecule has 0 fully saturated rings. The Hall–Kier alpha value is -3.84. The third-order valence-electron chi connectivity index (χ3n) is 6.21. The number of nitrogens with zero attached hydrogens (tertiary/aromatic N) is 2. The SMILES string of the molecule is Cc1nc(-c2ccc(F)cc2)sc1C(=O)NCC(CN1Cc2ccccc2C1=O)c1ccccc1. The van der Waals surface area contributed by atoms with Gasteiger partial charge in [-0.05, 0) is 48.4 Å². The number of fused-ring (bicyclic) bond motifs is 1. The summed E-state index contributed by atoms with van der Waals surface area (Å²) in [6.45, 7) is 3.25. The Kier molecular flexibility index (Phi) is 6.42. The molecule has 2 amide bonds. The first-order chi connectivity index (χ1) is 17.0. The number of aryl methyl sites for hydroxylation is 1. The van der Waals surface area contributed by atoms with Gasteiger partial charge in [0.05, 0.1) is 5.69 Å². The van der Waals surface area contributed by atoms with E-state index in [9.17, 15) is 14.0 Å². The number of nitrogens with one attached hydrogen (secondary N) is 1. The van der Waals surface area contributed by atoms with Crippen molar-refractivity contribution in [1.29, 1.82) is 0 Å². The summed E-state index contributed by atoms with van der Waals surface area (Å²) in [5, 5.41) is 3.73. The summed E-state index contributed by atoms with van der Waals surface area (Å²) in [5.74, 6) is -0.560. The average Bonchev–Trinajstić information content (AvgIpc) is 3.42. The number of hydrogen-bond donors (Lipinski definition) is 1. The lowest BCUT2D eigenvalue weighted by Crippen LogP contribution is -2.35. The van der Waals surface area contributed by atoms with Gasteiger partial charge >= 0.3 is 0 Å². The van der Waals surface area contributed by atoms with Crippen LogP contribution in [-0.4, -0.2) is 34.8 Å². The van der Waals surface area contributed by atoms with Crippen LogP contribution in [0.5, 0.6) is 0 Å². The van der Waals surface area contributed by atoms with Gasteiger partial charge in [-0.2, -0.15) is 0 Å². The zero-order chi connectivity index (χ0) is 24.4. The zero-order valence-corrected chi connectivity index (χ0v) is 20.0. The van der Waals surface area contributed by atoms with Crippen LogP contribution in [0, 0.1) is 12.7 Å². The Morgan fingerprint density at radius 3 is 2.51 bits per heavy atom. The molecule has 1 atom stereocenters. The summed E-state index contributed by atoms with van der Waals surface area (Å²) in [7, 11) is 0. The van der Waals surface area contributed by atoms with Gasteiger partial charge in [0.15, 0.2) is 0 Å². The first-order valence-electron chi connectivity index (χ1n) is 11.4. The standard InChI is InChI=1S/C28H24FN3O2S/c1-18-25(35-27(31-18)20-11-13-23(29)14-12-20)26(33)30-15-22(19-7-3-2-4-8-19)17-32-16-21-9-5-6-10-24(21)28(32)34/h2-14,22H,15-17H2,1H3,(H,30,33). The van der Waals surface area contributed by atoms with Crippen molar-refractivity contribution >= 4 is 23.2 Å². The van der Waals surface area contributed by atoms with Crippen molar-refractivity contribution < 1.29 is 14.0 Å². The number of amides is 2. The molecular weight excluding hydrogens is 461 g/mol. The van der Waals surface area contributed by atoms with Crippen LogP contribution in [0.3, 0.4) is 0 Å². The molecule has 1 aromatic heterocycles. The van der Waals surface area contributed by atoms with Crippen molar-refractivity contribution in [1.82, 2.24) is 15.2 Å². The Morgan fingerprint density at radius 2 is 1.77 bits per heavy atom. The topological polar surface area (TPSA) is 62.3 Å². The van der Waals surface area contributed by atoms with Crippen LogP contribution < -0.4 is 5.32 Å². The highest BCUT2D eigenvalue weighted by molar-refractivity contribution is 7.17. The van der Waals surface area contributed by atoms with Gasteiger partial charge in [0.1, 0.15) is 15.7 Å². The Labute approximate surface area is 207 Å². The highest BCUT2D eigenvalue weighted by Crippen LogP contribution is 2.29. The number of benzene rings is 3. The second-order valence-corrected chi connectivity index (χ2v) is 9.60. The maximum absolute atomic E-state index is 13.3. The van der Waals surface area contributed by atoms with E-state index in [1.54, 1.807) is 19.1 Å². The first-order valence-corrected chi connectivity index (χ1v) is 12.2. The van der Waals surface area contributed by atoms with Crippen LogP contribution in [0.1, 0.15) is 42.8 Å². The number of rotatable bonds is 7. The molecule has 0 radical (unpaired) electrons. The summed E-state index contributed by atoms with van der Waals surface area (Å²) in [4.78, 5) is 32.9. The molecule has 2 heterocycles. The Bertz CT molecular complexity index is 1370. The maximum atomic E-state index is 13.3. The monoisotopic (exact) mass is 485 g/mol. The van der Waals surface area contributed by atoms with Crippen molar-refractivity contribution in [2.75, 3.05) is 13.1 Å². The van der Waals surface area contributed by atoms with E-state index in [0.29, 0.717) is 35.2 Å². The van der Waals surface area contributed by atoms with E-state index in [1.807, 2.05) is 59.5 Å². The molecule has 1 aliphatic rings. The maximum Gasteiger partial charge on any atom is 0.263 e. The molecule has 3 aromatic carbocycles. The minimum absolute atomic E-state index is 0.0232. The van der Waals surface area contributed by atoms with Gasteiger partial charge in [0.25, 0.3) is 11.8 Å².